The fraction of sp³-hybridized carbons (Fsp3) is 0.562. The van der Waals surface area contributed by atoms with E-state index >= 15 is 0 Å². The Morgan fingerprint density at radius 2 is 1.74 bits per heavy atom. The Balaban J connectivity index is 1.90. The monoisotopic (exact) mass is 334 g/mol. The number of hydrogen-bond acceptors (Lipinski definition) is 3. The van der Waals surface area contributed by atoms with Gasteiger partial charge in [0.1, 0.15) is 0 Å². The highest BCUT2D eigenvalue weighted by molar-refractivity contribution is 7.80. The van der Waals surface area contributed by atoms with Crippen molar-refractivity contribution in [1.82, 2.24) is 30.2 Å². The zero-order valence-electron chi connectivity index (χ0n) is 14.6. The first-order chi connectivity index (χ1) is 10.9. The second-order valence-corrected chi connectivity index (χ2v) is 6.08. The van der Waals surface area contributed by atoms with Crippen LogP contribution in [0.15, 0.2) is 12.4 Å². The molecule has 126 valence electrons. The molecular formula is C16H26N6S. The Bertz CT molecular complexity index is 672. The van der Waals surface area contributed by atoms with Crippen molar-refractivity contribution in [3.05, 3.63) is 34.9 Å². The predicted octanol–water partition coefficient (Wildman–Crippen LogP) is 2.46. The zero-order chi connectivity index (χ0) is 17.0. The van der Waals surface area contributed by atoms with E-state index in [1.807, 2.05) is 23.2 Å². The van der Waals surface area contributed by atoms with Crippen molar-refractivity contribution in [3.63, 3.8) is 0 Å². The zero-order valence-corrected chi connectivity index (χ0v) is 15.4. The molecule has 2 rings (SSSR count). The highest BCUT2D eigenvalue weighted by atomic mass is 32.1. The van der Waals surface area contributed by atoms with Crippen molar-refractivity contribution >= 4 is 17.3 Å². The van der Waals surface area contributed by atoms with Crippen molar-refractivity contribution in [3.8, 4) is 0 Å². The van der Waals surface area contributed by atoms with Crippen molar-refractivity contribution in [2.24, 2.45) is 0 Å². The molecule has 7 heteroatoms. The minimum atomic E-state index is 0.120. The molecule has 0 fully saturated rings. The minimum absolute atomic E-state index is 0.120. The summed E-state index contributed by atoms with van der Waals surface area (Å²) in [7, 11) is 0. The van der Waals surface area contributed by atoms with E-state index in [1.54, 1.807) is 0 Å². The van der Waals surface area contributed by atoms with Crippen molar-refractivity contribution in [1.29, 1.82) is 0 Å². The fourth-order valence-electron chi connectivity index (χ4n) is 2.52. The van der Waals surface area contributed by atoms with Crippen LogP contribution in [0.2, 0.25) is 0 Å². The number of rotatable bonds is 6. The summed E-state index contributed by atoms with van der Waals surface area (Å²) in [5, 5.41) is 16.1. The molecule has 0 amide bonds. The van der Waals surface area contributed by atoms with Crippen molar-refractivity contribution in [2.75, 3.05) is 0 Å². The number of hydrogen-bond donors (Lipinski definition) is 2. The third-order valence-corrected chi connectivity index (χ3v) is 4.20. The molecule has 2 aromatic rings. The number of thiocarbonyl (C=S) groups is 1. The topological polar surface area (TPSA) is 59.7 Å². The van der Waals surface area contributed by atoms with E-state index in [9.17, 15) is 0 Å². The highest BCUT2D eigenvalue weighted by Gasteiger charge is 2.13. The maximum absolute atomic E-state index is 5.41. The first-order valence-corrected chi connectivity index (χ1v) is 8.46. The summed E-state index contributed by atoms with van der Waals surface area (Å²) in [5.41, 5.74) is 4.41. The van der Waals surface area contributed by atoms with E-state index in [0.717, 1.165) is 24.5 Å². The maximum Gasteiger partial charge on any atom is 0.167 e. The van der Waals surface area contributed by atoms with Gasteiger partial charge in [-0.25, -0.2) is 0 Å². The van der Waals surface area contributed by atoms with Gasteiger partial charge in [0, 0.05) is 43.2 Å². The number of nitrogens with zero attached hydrogens (tertiary/aromatic N) is 4. The van der Waals surface area contributed by atoms with Gasteiger partial charge in [-0.05, 0) is 46.8 Å². The average Bonchev–Trinajstić information content (AvgIpc) is 3.07. The molecule has 6 nitrogen and oxygen atoms in total. The predicted molar refractivity (Wildman–Crippen MR) is 96.3 cm³/mol. The van der Waals surface area contributed by atoms with Gasteiger partial charge in [0.15, 0.2) is 5.11 Å². The molecule has 0 bridgehead atoms. The van der Waals surface area contributed by atoms with Gasteiger partial charge in [0.25, 0.3) is 0 Å². The summed E-state index contributed by atoms with van der Waals surface area (Å²) in [6.45, 7) is 12.7. The average molecular weight is 334 g/mol. The molecular weight excluding hydrogens is 308 g/mol. The van der Waals surface area contributed by atoms with Gasteiger partial charge in [0.05, 0.1) is 17.4 Å². The van der Waals surface area contributed by atoms with Gasteiger partial charge in [-0.1, -0.05) is 0 Å². The van der Waals surface area contributed by atoms with Gasteiger partial charge in [-0.2, -0.15) is 10.2 Å². The molecule has 1 unspecified atom stereocenters. The Labute approximate surface area is 143 Å². The first-order valence-electron chi connectivity index (χ1n) is 8.05. The summed E-state index contributed by atoms with van der Waals surface area (Å²) < 4.78 is 3.88. The highest BCUT2D eigenvalue weighted by Crippen LogP contribution is 2.16. The molecule has 0 saturated carbocycles. The van der Waals surface area contributed by atoms with E-state index in [4.69, 9.17) is 12.2 Å². The molecule has 0 aliphatic heterocycles. The van der Waals surface area contributed by atoms with Crippen LogP contribution in [0.4, 0.5) is 0 Å². The molecule has 0 radical (unpaired) electrons. The van der Waals surface area contributed by atoms with Crippen LogP contribution in [0.25, 0.3) is 0 Å². The van der Waals surface area contributed by atoms with Crippen LogP contribution in [0.3, 0.4) is 0 Å². The van der Waals surface area contributed by atoms with E-state index in [2.05, 4.69) is 54.0 Å². The first kappa shape index (κ1) is 17.5. The van der Waals surface area contributed by atoms with E-state index in [0.29, 0.717) is 11.7 Å². The summed E-state index contributed by atoms with van der Waals surface area (Å²) in [6, 6.07) is 0.120. The van der Waals surface area contributed by atoms with Crippen LogP contribution in [0.1, 0.15) is 49.3 Å². The Morgan fingerprint density at radius 3 is 2.30 bits per heavy atom. The fourth-order valence-corrected chi connectivity index (χ4v) is 2.76. The Morgan fingerprint density at radius 1 is 1.13 bits per heavy atom. The van der Waals surface area contributed by atoms with E-state index in [-0.39, 0.29) is 6.04 Å². The molecule has 2 N–H and O–H groups in total. The molecule has 0 spiro atoms. The number of nitrogens with one attached hydrogen (secondary N) is 2. The smallest absolute Gasteiger partial charge is 0.167 e. The lowest BCUT2D eigenvalue weighted by Gasteiger charge is -2.16. The molecule has 23 heavy (non-hydrogen) atoms. The van der Waals surface area contributed by atoms with E-state index < -0.39 is 0 Å². The summed E-state index contributed by atoms with van der Waals surface area (Å²) in [6.07, 6.45) is 4.13. The van der Waals surface area contributed by atoms with Crippen molar-refractivity contribution < 1.29 is 0 Å². The summed E-state index contributed by atoms with van der Waals surface area (Å²) in [4.78, 5) is 0. The molecule has 1 atom stereocenters. The van der Waals surface area contributed by atoms with Crippen molar-refractivity contribution in [2.45, 2.75) is 60.3 Å². The Hall–Kier alpha value is -1.89. The van der Waals surface area contributed by atoms with Gasteiger partial charge in [-0.3, -0.25) is 9.36 Å². The lowest BCUT2D eigenvalue weighted by Crippen LogP contribution is -2.36. The maximum atomic E-state index is 5.41. The molecule has 0 aromatic carbocycles. The third-order valence-electron chi connectivity index (χ3n) is 3.93. The van der Waals surface area contributed by atoms with Crippen LogP contribution >= 0.6 is 12.2 Å². The Kier molecular flexibility index (Phi) is 5.76. The molecule has 0 aliphatic rings. The number of aromatic nitrogens is 4. The van der Waals surface area contributed by atoms with Gasteiger partial charge < -0.3 is 10.6 Å². The van der Waals surface area contributed by atoms with Crippen LogP contribution < -0.4 is 10.6 Å². The van der Waals surface area contributed by atoms with Crippen LogP contribution in [-0.4, -0.2) is 24.7 Å². The second kappa shape index (κ2) is 7.59. The molecule has 0 aliphatic carbocycles. The third kappa shape index (κ3) is 4.31. The van der Waals surface area contributed by atoms with Gasteiger partial charge >= 0.3 is 0 Å². The lowest BCUT2D eigenvalue weighted by molar-refractivity contribution is 0.650. The van der Waals surface area contributed by atoms with Crippen LogP contribution in [-0.2, 0) is 19.6 Å². The quantitative estimate of drug-likeness (QED) is 0.795. The summed E-state index contributed by atoms with van der Waals surface area (Å²) >= 11 is 5.41. The number of aryl methyl sites for hydroxylation is 4. The largest absolute Gasteiger partial charge is 0.359 e. The standard InChI is InChI=1S/C16H26N6S/c1-6-21-9-14(11(3)19-21)8-17-16(23)18-12(4)15-10-22(7-2)20-13(15)5/h9-10,12H,6-8H2,1-5H3,(H2,17,18,23). The normalized spacial score (nSPS) is 12.2. The lowest BCUT2D eigenvalue weighted by atomic mass is 10.1. The second-order valence-electron chi connectivity index (χ2n) is 5.67. The van der Waals surface area contributed by atoms with Gasteiger partial charge in [-0.15, -0.1) is 0 Å². The minimum Gasteiger partial charge on any atom is -0.359 e. The summed E-state index contributed by atoms with van der Waals surface area (Å²) in [5.74, 6) is 0. The molecule has 0 saturated heterocycles. The van der Waals surface area contributed by atoms with Crippen LogP contribution in [0.5, 0.6) is 0 Å². The molecule has 2 aromatic heterocycles. The van der Waals surface area contributed by atoms with Crippen LogP contribution in [0, 0.1) is 13.8 Å². The molecule has 2 heterocycles. The SMILES string of the molecule is CCn1cc(CNC(=S)NC(C)c2cn(CC)nc2C)c(C)n1. The van der Waals surface area contributed by atoms with Gasteiger partial charge in [0.2, 0.25) is 0 Å². The van der Waals surface area contributed by atoms with E-state index in [1.165, 1.54) is 11.1 Å².